The summed E-state index contributed by atoms with van der Waals surface area (Å²) in [6.45, 7) is 18.6. The molecule has 0 aromatic heterocycles. The van der Waals surface area contributed by atoms with Gasteiger partial charge >= 0.3 is 0 Å². The maximum atomic E-state index is 11.3. The van der Waals surface area contributed by atoms with Crippen molar-refractivity contribution in [3.05, 3.63) is 29.4 Å². The van der Waals surface area contributed by atoms with Crippen LogP contribution in [0.4, 0.5) is 0 Å². The largest absolute Gasteiger partial charge is 0.386 e. The van der Waals surface area contributed by atoms with Gasteiger partial charge < -0.3 is 36.4 Å². The second-order valence-electron chi connectivity index (χ2n) is 13.4. The summed E-state index contributed by atoms with van der Waals surface area (Å²) in [5.41, 5.74) is 0. The minimum atomic E-state index is -0.720. The van der Waals surface area contributed by atoms with Crippen molar-refractivity contribution in [2.75, 3.05) is 43.1 Å². The molecule has 19 nitrogen and oxygen atoms in total. The molecule has 0 rings (SSSR count). The average molecular weight is 943 g/mol. The molecule has 0 aliphatic carbocycles. The van der Waals surface area contributed by atoms with Crippen molar-refractivity contribution < 1.29 is 36.4 Å². The van der Waals surface area contributed by atoms with Gasteiger partial charge in [0.05, 0.1) is 30.0 Å². The van der Waals surface area contributed by atoms with Crippen molar-refractivity contribution >= 4 is 75.8 Å². The van der Waals surface area contributed by atoms with E-state index in [1.807, 2.05) is 0 Å². The molecule has 0 saturated heterocycles. The first-order valence-corrected chi connectivity index (χ1v) is 25.6. The Kier molecular flexibility index (Phi) is 99.7. The van der Waals surface area contributed by atoms with Gasteiger partial charge in [0.2, 0.25) is 0 Å². The van der Waals surface area contributed by atoms with Crippen LogP contribution in [0, 0.1) is 35.4 Å². The molecule has 0 bridgehead atoms. The van der Waals surface area contributed by atoms with Gasteiger partial charge in [0, 0.05) is 58.6 Å². The second kappa shape index (κ2) is 74.7. The van der Waals surface area contributed by atoms with Crippen molar-refractivity contribution in [1.29, 1.82) is 0 Å². The van der Waals surface area contributed by atoms with Gasteiger partial charge in [0.25, 0.3) is 0 Å². The molecule has 0 aliphatic heterocycles. The van der Waals surface area contributed by atoms with Gasteiger partial charge in [-0.05, 0) is 75.8 Å². The van der Waals surface area contributed by atoms with Crippen LogP contribution >= 0.6 is 24.4 Å². The summed E-state index contributed by atoms with van der Waals surface area (Å²) in [6, 6.07) is 0. The zero-order valence-corrected chi connectivity index (χ0v) is 44.3. The Morgan fingerprint density at radius 3 is 1.02 bits per heavy atom. The molecule has 0 spiro atoms. The Morgan fingerprint density at radius 2 is 0.746 bits per heavy atom. The molecule has 7 N–H and O–H groups in total. The molecule has 0 saturated carbocycles. The van der Waals surface area contributed by atoms with E-state index in [0.29, 0.717) is 13.8 Å². The molecule has 3 unspecified atom stereocenters. The Hall–Kier alpha value is -0.714. The summed E-state index contributed by atoms with van der Waals surface area (Å²) < 4.78 is 0. The number of hydrogen-bond acceptors (Lipinski definition) is 13. The topological polar surface area (TPSA) is 318 Å². The van der Waals surface area contributed by atoms with Crippen LogP contribution in [0.15, 0.2) is 32.0 Å². The minimum absolute atomic E-state index is 0. The maximum absolute atomic E-state index is 11.3. The Bertz CT molecular complexity index is 735. The third kappa shape index (κ3) is 78.3. The van der Waals surface area contributed by atoms with Crippen LogP contribution in [0.3, 0.4) is 0 Å². The normalized spacial score (nSPS) is 10.8. The van der Waals surface area contributed by atoms with Crippen LogP contribution in [-0.2, 0) is 0 Å². The molecule has 0 amide bonds. The fourth-order valence-electron chi connectivity index (χ4n) is 6.72. The molecule has 353 valence electrons. The summed E-state index contributed by atoms with van der Waals surface area (Å²) in [7, 11) is 2.61. The van der Waals surface area contributed by atoms with E-state index < -0.39 is 12.6 Å². The molecule has 0 aliphatic rings. The molecule has 23 heteroatoms. The number of aliphatic hydroxyl groups is 1. The van der Waals surface area contributed by atoms with Crippen LogP contribution in [0.2, 0.25) is 0 Å². The third-order valence-corrected chi connectivity index (χ3v) is 18.1. The first-order chi connectivity index (χ1) is 27.7. The standard InChI is InChI=1S/C27H59OP2.C9H21P.K.6HNO2/c1-6-11-13-15-19-26(27(28,29)21-17-14-12-7-2)20-16-18-25-30(22-8-3,23-9-4)24-10-5;1-4-7-10(8-5-2)9-6-3;;6*2-1-3/h26,28H,6-25,29H2,1-5H3;4-9H2,1-3H3;;6*(H,2,3)/q+1;;;;;;;;. The number of rotatable bonds is 28. The quantitative estimate of drug-likeness (QED) is 0.0126. The van der Waals surface area contributed by atoms with Crippen molar-refractivity contribution in [2.45, 2.75) is 183 Å². The van der Waals surface area contributed by atoms with E-state index in [4.69, 9.17) is 60.7 Å². The number of nitrogens with zero attached hydrogens (tertiary/aromatic N) is 6. The molecular weight excluding hydrogens is 856 g/mol. The third-order valence-electron chi connectivity index (χ3n) is 8.69. The van der Waals surface area contributed by atoms with Gasteiger partial charge in [-0.25, -0.2) is 0 Å². The Balaban J connectivity index is -0.0000000999. The summed E-state index contributed by atoms with van der Waals surface area (Å²) in [5.74, 6) is 0.470. The van der Waals surface area contributed by atoms with Gasteiger partial charge in [0.15, 0.2) is 32.0 Å². The van der Waals surface area contributed by atoms with Gasteiger partial charge in [-0.3, -0.25) is 0 Å². The average Bonchev–Trinajstić information content (AvgIpc) is 3.16. The van der Waals surface area contributed by atoms with Gasteiger partial charge in [-0.15, -0.1) is 46.6 Å². The van der Waals surface area contributed by atoms with Crippen molar-refractivity contribution in [1.82, 2.24) is 0 Å². The molecule has 0 heterocycles. The first-order valence-electron chi connectivity index (χ1n) is 20.6. The van der Waals surface area contributed by atoms with Crippen LogP contribution < -0.4 is 0 Å². The molecular formula is C36H86KN6O13P3+. The molecule has 3 atom stereocenters. The van der Waals surface area contributed by atoms with E-state index in [1.165, 1.54) is 191 Å². The molecule has 0 aromatic rings. The van der Waals surface area contributed by atoms with Gasteiger partial charge in [0.1, 0.15) is 0 Å². The molecule has 0 aromatic carbocycles. The predicted molar refractivity (Wildman–Crippen MR) is 250 cm³/mol. The summed E-state index contributed by atoms with van der Waals surface area (Å²) in [4.78, 5) is 48.7. The van der Waals surface area contributed by atoms with E-state index in [9.17, 15) is 5.11 Å². The van der Waals surface area contributed by atoms with E-state index in [1.54, 1.807) is 0 Å². The van der Waals surface area contributed by atoms with Crippen LogP contribution in [0.25, 0.3) is 0 Å². The fourth-order valence-corrected chi connectivity index (χ4v) is 14.9. The van der Waals surface area contributed by atoms with Crippen molar-refractivity contribution in [2.24, 2.45) is 38.0 Å². The number of hydrogen-bond donors (Lipinski definition) is 7. The van der Waals surface area contributed by atoms with Crippen LogP contribution in [-0.4, -0.2) is 136 Å². The van der Waals surface area contributed by atoms with Gasteiger partial charge in [-0.2, -0.15) is 0 Å². The molecule has 1 radical (unpaired) electrons. The molecule has 0 fully saturated rings. The van der Waals surface area contributed by atoms with Crippen molar-refractivity contribution in [3.63, 3.8) is 0 Å². The summed E-state index contributed by atoms with van der Waals surface area (Å²) in [6.07, 6.45) is 35.3. The van der Waals surface area contributed by atoms with E-state index in [2.05, 4.69) is 64.6 Å². The van der Waals surface area contributed by atoms with Crippen molar-refractivity contribution in [3.8, 4) is 0 Å². The van der Waals surface area contributed by atoms with Gasteiger partial charge in [-0.1, -0.05) is 126 Å². The zero-order valence-electron chi connectivity index (χ0n) is 38.2. The maximum Gasteiger partial charge on any atom is 0.152 e. The van der Waals surface area contributed by atoms with E-state index in [0.717, 1.165) is 6.42 Å². The fraction of sp³-hybridized carbons (Fsp3) is 1.00. The van der Waals surface area contributed by atoms with Crippen LogP contribution in [0.5, 0.6) is 0 Å². The Morgan fingerprint density at radius 1 is 0.458 bits per heavy atom. The SMILES string of the molecule is CCCCCCC(CCCC[P+](CCC)(CCC)CCC)C(O)(P)CCCCCC.CCCP(CCC)CCC.O=NO.O=NO.O=NO.O=NO.O=NO.O=NO.[K]. The van der Waals surface area contributed by atoms with E-state index in [-0.39, 0.29) is 51.4 Å². The summed E-state index contributed by atoms with van der Waals surface area (Å²) in [5, 5.41) is 58.1. The summed E-state index contributed by atoms with van der Waals surface area (Å²) >= 11 is 0. The smallest absolute Gasteiger partial charge is 0.152 e. The molecule has 59 heavy (non-hydrogen) atoms. The second-order valence-corrected chi connectivity index (χ2v) is 21.6. The van der Waals surface area contributed by atoms with Crippen LogP contribution in [0.1, 0.15) is 177 Å². The zero-order chi connectivity index (χ0) is 46.8. The first kappa shape index (κ1) is 78.7. The minimum Gasteiger partial charge on any atom is -0.386 e. The Labute approximate surface area is 402 Å². The predicted octanol–water partition coefficient (Wildman–Crippen LogP) is 13.7. The van der Waals surface area contributed by atoms with E-state index >= 15 is 0 Å². The number of unbranched alkanes of at least 4 members (excludes halogenated alkanes) is 7. The monoisotopic (exact) mass is 943 g/mol.